The number of rotatable bonds is 6. The maximum atomic E-state index is 12.5. The summed E-state index contributed by atoms with van der Waals surface area (Å²) in [4.78, 5) is 17.0. The average molecular weight is 415 g/mol. The number of furan rings is 1. The number of ether oxygens (including phenoxy) is 1. The first-order valence-electron chi connectivity index (χ1n) is 9.28. The number of para-hydroxylation sites is 1. The van der Waals surface area contributed by atoms with Crippen LogP contribution in [0.4, 0.5) is 5.69 Å². The first kappa shape index (κ1) is 19.4. The molecule has 2 aromatic carbocycles. The predicted octanol–water partition coefficient (Wildman–Crippen LogP) is 5.50. The third kappa shape index (κ3) is 4.24. The molecule has 0 saturated heterocycles. The van der Waals surface area contributed by atoms with Crippen molar-refractivity contribution in [1.29, 1.82) is 5.26 Å². The molecule has 0 aliphatic rings. The highest BCUT2D eigenvalue weighted by Gasteiger charge is 2.13. The monoisotopic (exact) mass is 415 g/mol. The van der Waals surface area contributed by atoms with Crippen LogP contribution in [-0.2, 0) is 4.79 Å². The molecular weight excluding hydrogens is 398 g/mol. The molecule has 7 heteroatoms. The van der Waals surface area contributed by atoms with Crippen LogP contribution in [0.3, 0.4) is 0 Å². The molecule has 0 saturated carbocycles. The molecule has 0 fully saturated rings. The van der Waals surface area contributed by atoms with E-state index in [9.17, 15) is 10.1 Å². The molecule has 1 amide bonds. The largest absolute Gasteiger partial charge is 0.494 e. The van der Waals surface area contributed by atoms with E-state index in [1.807, 2.05) is 37.3 Å². The summed E-state index contributed by atoms with van der Waals surface area (Å²) >= 11 is 1.52. The Morgan fingerprint density at radius 2 is 2.00 bits per heavy atom. The minimum absolute atomic E-state index is 0.0610. The second-order valence-electron chi connectivity index (χ2n) is 6.27. The maximum absolute atomic E-state index is 12.5. The van der Waals surface area contributed by atoms with Gasteiger partial charge in [-0.15, -0.1) is 11.3 Å². The molecule has 1 N–H and O–H groups in total. The number of amides is 1. The first-order chi connectivity index (χ1) is 14.7. The van der Waals surface area contributed by atoms with Crippen LogP contribution >= 0.6 is 11.3 Å². The number of carbonyl (C=O) groups excluding carboxylic acids is 1. The van der Waals surface area contributed by atoms with E-state index in [1.54, 1.807) is 36.4 Å². The topological polar surface area (TPSA) is 88.1 Å². The molecule has 0 unspecified atom stereocenters. The lowest BCUT2D eigenvalue weighted by Crippen LogP contribution is -2.13. The zero-order valence-electron chi connectivity index (χ0n) is 16.1. The minimum atomic E-state index is -0.514. The van der Waals surface area contributed by atoms with E-state index >= 15 is 0 Å². The number of hydrogen-bond donors (Lipinski definition) is 1. The van der Waals surface area contributed by atoms with Gasteiger partial charge < -0.3 is 14.5 Å². The number of nitrogens with zero attached hydrogens (tertiary/aromatic N) is 2. The van der Waals surface area contributed by atoms with Crippen LogP contribution in [0.5, 0.6) is 5.75 Å². The van der Waals surface area contributed by atoms with Gasteiger partial charge in [-0.2, -0.15) is 5.26 Å². The van der Waals surface area contributed by atoms with E-state index in [2.05, 4.69) is 10.3 Å². The SMILES string of the molecule is CCOc1ccc(NC(=O)/C(C#N)=C/c2ccc(-c3nc4ccccc4s3)o2)cc1. The van der Waals surface area contributed by atoms with Crippen molar-refractivity contribution in [2.45, 2.75) is 6.92 Å². The summed E-state index contributed by atoms with van der Waals surface area (Å²) < 4.78 is 12.2. The van der Waals surface area contributed by atoms with Gasteiger partial charge in [0, 0.05) is 11.8 Å². The lowest BCUT2D eigenvalue weighted by Gasteiger charge is -2.06. The highest BCUT2D eigenvalue weighted by molar-refractivity contribution is 7.21. The van der Waals surface area contributed by atoms with E-state index in [0.717, 1.165) is 15.2 Å². The highest BCUT2D eigenvalue weighted by Crippen LogP contribution is 2.31. The van der Waals surface area contributed by atoms with Gasteiger partial charge in [0.25, 0.3) is 5.91 Å². The number of thiazole rings is 1. The summed E-state index contributed by atoms with van der Waals surface area (Å²) in [5.41, 5.74) is 1.41. The van der Waals surface area contributed by atoms with Gasteiger partial charge in [0.2, 0.25) is 0 Å². The van der Waals surface area contributed by atoms with Crippen molar-refractivity contribution in [3.63, 3.8) is 0 Å². The van der Waals surface area contributed by atoms with Crippen molar-refractivity contribution in [3.05, 3.63) is 72.0 Å². The fourth-order valence-corrected chi connectivity index (χ4v) is 3.74. The minimum Gasteiger partial charge on any atom is -0.494 e. The number of anilines is 1. The van der Waals surface area contributed by atoms with Crippen molar-refractivity contribution in [2.75, 3.05) is 11.9 Å². The zero-order chi connectivity index (χ0) is 20.9. The molecule has 148 valence electrons. The fourth-order valence-electron chi connectivity index (χ4n) is 2.81. The smallest absolute Gasteiger partial charge is 0.266 e. The summed E-state index contributed by atoms with van der Waals surface area (Å²) in [5.74, 6) is 1.19. The molecule has 30 heavy (non-hydrogen) atoms. The second kappa shape index (κ2) is 8.64. The quantitative estimate of drug-likeness (QED) is 0.332. The molecule has 2 heterocycles. The maximum Gasteiger partial charge on any atom is 0.266 e. The van der Waals surface area contributed by atoms with Crippen molar-refractivity contribution >= 4 is 39.2 Å². The van der Waals surface area contributed by atoms with E-state index in [0.29, 0.717) is 29.6 Å². The van der Waals surface area contributed by atoms with Crippen LogP contribution < -0.4 is 10.1 Å². The van der Waals surface area contributed by atoms with Crippen LogP contribution in [0, 0.1) is 11.3 Å². The molecular formula is C23H17N3O3S. The number of benzene rings is 2. The molecule has 0 spiro atoms. The molecule has 4 aromatic rings. The Labute approximate surface area is 177 Å². The van der Waals surface area contributed by atoms with Gasteiger partial charge in [-0.25, -0.2) is 4.98 Å². The van der Waals surface area contributed by atoms with Crippen LogP contribution in [0.2, 0.25) is 0 Å². The zero-order valence-corrected chi connectivity index (χ0v) is 16.9. The van der Waals surface area contributed by atoms with Crippen LogP contribution in [0.15, 0.2) is 70.7 Å². The Morgan fingerprint density at radius 3 is 2.73 bits per heavy atom. The molecule has 0 radical (unpaired) electrons. The van der Waals surface area contributed by atoms with E-state index in [-0.39, 0.29) is 5.57 Å². The lowest BCUT2D eigenvalue weighted by atomic mass is 10.2. The molecule has 4 rings (SSSR count). The normalized spacial score (nSPS) is 11.3. The van der Waals surface area contributed by atoms with Crippen molar-refractivity contribution in [2.24, 2.45) is 0 Å². The Kier molecular flexibility index (Phi) is 5.59. The van der Waals surface area contributed by atoms with Crippen molar-refractivity contribution in [1.82, 2.24) is 4.98 Å². The number of aromatic nitrogens is 1. The van der Waals surface area contributed by atoms with Crippen LogP contribution in [0.1, 0.15) is 12.7 Å². The molecule has 0 aliphatic heterocycles. The lowest BCUT2D eigenvalue weighted by molar-refractivity contribution is -0.112. The second-order valence-corrected chi connectivity index (χ2v) is 7.30. The van der Waals surface area contributed by atoms with Gasteiger partial charge in [0.15, 0.2) is 10.8 Å². The number of hydrogen-bond acceptors (Lipinski definition) is 6. The predicted molar refractivity (Wildman–Crippen MR) is 117 cm³/mol. The van der Waals surface area contributed by atoms with Gasteiger partial charge in [-0.05, 0) is 55.5 Å². The van der Waals surface area contributed by atoms with E-state index in [4.69, 9.17) is 9.15 Å². The third-order valence-corrected chi connectivity index (χ3v) is 5.26. The van der Waals surface area contributed by atoms with Gasteiger partial charge in [-0.3, -0.25) is 4.79 Å². The Balaban J connectivity index is 1.51. The van der Waals surface area contributed by atoms with Gasteiger partial charge >= 0.3 is 0 Å². The molecule has 6 nitrogen and oxygen atoms in total. The van der Waals surface area contributed by atoms with Crippen LogP contribution in [-0.4, -0.2) is 17.5 Å². The van der Waals surface area contributed by atoms with E-state index < -0.39 is 5.91 Å². The van der Waals surface area contributed by atoms with Gasteiger partial charge in [0.05, 0.1) is 16.8 Å². The number of nitriles is 1. The summed E-state index contributed by atoms with van der Waals surface area (Å²) in [6.45, 7) is 2.46. The Hall–Kier alpha value is -3.89. The van der Waals surface area contributed by atoms with Gasteiger partial charge in [-0.1, -0.05) is 12.1 Å². The number of carbonyl (C=O) groups is 1. The first-order valence-corrected chi connectivity index (χ1v) is 10.1. The van der Waals surface area contributed by atoms with Crippen molar-refractivity contribution < 1.29 is 13.9 Å². The van der Waals surface area contributed by atoms with Crippen molar-refractivity contribution in [3.8, 4) is 22.6 Å². The van der Waals surface area contributed by atoms with Gasteiger partial charge in [0.1, 0.15) is 23.2 Å². The average Bonchev–Trinajstić information content (AvgIpc) is 3.40. The third-order valence-electron chi connectivity index (χ3n) is 4.21. The number of nitrogens with one attached hydrogen (secondary N) is 1. The molecule has 0 bridgehead atoms. The standard InChI is InChI=1S/C23H17N3O3S/c1-2-28-17-9-7-16(8-10-17)25-22(27)15(14-24)13-18-11-12-20(29-18)23-26-19-5-3-4-6-21(19)30-23/h3-13H,2H2,1H3,(H,25,27)/b15-13+. The summed E-state index contributed by atoms with van der Waals surface area (Å²) in [6, 6.07) is 20.2. The molecule has 0 aliphatic carbocycles. The molecule has 0 atom stereocenters. The van der Waals surface area contributed by atoms with Crippen LogP contribution in [0.25, 0.3) is 27.1 Å². The van der Waals surface area contributed by atoms with E-state index in [1.165, 1.54) is 17.4 Å². The summed E-state index contributed by atoms with van der Waals surface area (Å²) in [6.07, 6.45) is 1.42. The highest BCUT2D eigenvalue weighted by atomic mass is 32.1. The Morgan fingerprint density at radius 1 is 1.20 bits per heavy atom. The molecule has 2 aromatic heterocycles. The summed E-state index contributed by atoms with van der Waals surface area (Å²) in [5, 5.41) is 12.9. The fraction of sp³-hybridized carbons (Fsp3) is 0.0870. The number of fused-ring (bicyclic) bond motifs is 1. The Bertz CT molecular complexity index is 1230. The summed E-state index contributed by atoms with van der Waals surface area (Å²) in [7, 11) is 0.